The minimum absolute atomic E-state index is 0.0314. The zero-order chi connectivity index (χ0) is 31.8. The Kier molecular flexibility index (Phi) is 11.9. The summed E-state index contributed by atoms with van der Waals surface area (Å²) in [5.41, 5.74) is -0.299. The number of hydrogen-bond donors (Lipinski definition) is 3. The quantitative estimate of drug-likeness (QED) is 0.378. The maximum atomic E-state index is 13.9. The van der Waals surface area contributed by atoms with Crippen LogP contribution >= 0.6 is 23.2 Å². The fourth-order valence-electron chi connectivity index (χ4n) is 4.27. The van der Waals surface area contributed by atoms with Gasteiger partial charge >= 0.3 is 6.09 Å². The molecule has 43 heavy (non-hydrogen) atoms. The summed E-state index contributed by atoms with van der Waals surface area (Å²) >= 11 is 12.4. The molecule has 13 heteroatoms. The summed E-state index contributed by atoms with van der Waals surface area (Å²) in [6.45, 7) is 7.08. The molecule has 0 fully saturated rings. The molecule has 3 amide bonds. The van der Waals surface area contributed by atoms with Crippen LogP contribution < -0.4 is 20.3 Å². The number of rotatable bonds is 3. The lowest BCUT2D eigenvalue weighted by Gasteiger charge is -2.26. The lowest BCUT2D eigenvalue weighted by atomic mass is 10.1. The number of allylic oxidation sites excluding steroid dienone is 1. The molecule has 0 spiro atoms. The molecule has 0 radical (unpaired) electrons. The van der Waals surface area contributed by atoms with E-state index in [9.17, 15) is 22.8 Å². The van der Waals surface area contributed by atoms with Crippen molar-refractivity contribution in [3.8, 4) is 0 Å². The normalized spacial score (nSPS) is 21.0. The van der Waals surface area contributed by atoms with Gasteiger partial charge in [-0.3, -0.25) is 13.9 Å². The number of halogens is 2. The second kappa shape index (κ2) is 14.9. The lowest BCUT2D eigenvalue weighted by Crippen LogP contribution is -2.52. The molecule has 1 aliphatic heterocycles. The summed E-state index contributed by atoms with van der Waals surface area (Å²) < 4.78 is 34.4. The molecule has 2 unspecified atom stereocenters. The first-order valence-electron chi connectivity index (χ1n) is 14.0. The molecule has 2 aromatic rings. The Hall–Kier alpha value is -3.28. The Balaban J connectivity index is 1.97. The van der Waals surface area contributed by atoms with E-state index < -0.39 is 45.6 Å². The highest BCUT2D eigenvalue weighted by Gasteiger charge is 2.29. The van der Waals surface area contributed by atoms with E-state index in [-0.39, 0.29) is 28.6 Å². The second-order valence-electron chi connectivity index (χ2n) is 11.1. The molecule has 0 saturated heterocycles. The molecule has 0 aliphatic carbocycles. The zero-order valence-corrected chi connectivity index (χ0v) is 27.0. The summed E-state index contributed by atoms with van der Waals surface area (Å²) in [7, 11) is -4.21. The molecule has 1 heterocycles. The van der Waals surface area contributed by atoms with Gasteiger partial charge in [-0.2, -0.15) is 0 Å². The van der Waals surface area contributed by atoms with Gasteiger partial charge in [0.2, 0.25) is 5.91 Å². The topological polar surface area (TPSA) is 134 Å². The predicted molar refractivity (Wildman–Crippen MR) is 168 cm³/mol. The van der Waals surface area contributed by atoms with Crippen molar-refractivity contribution in [3.05, 3.63) is 70.2 Å². The van der Waals surface area contributed by atoms with Crippen LogP contribution in [0.15, 0.2) is 59.5 Å². The Morgan fingerprint density at radius 1 is 1.09 bits per heavy atom. The van der Waals surface area contributed by atoms with E-state index in [1.165, 1.54) is 22.5 Å². The van der Waals surface area contributed by atoms with Crippen molar-refractivity contribution in [2.75, 3.05) is 17.4 Å². The molecular formula is C30H38Cl2N4O6S. The number of carbonyl (C=O) groups is 3. The first kappa shape index (κ1) is 34.2. The highest BCUT2D eigenvalue weighted by molar-refractivity contribution is 7.93. The SMILES string of the molecule is CCC1CNC(=O)c2ccc(Cl)c(c2)S(=O)(=O)N(c2ccc(Cl)cc2)C/C=C/CCCC(NC(=O)OC(C)(C)C)C(=O)N1. The monoisotopic (exact) mass is 652 g/mol. The minimum Gasteiger partial charge on any atom is -0.444 e. The van der Waals surface area contributed by atoms with Crippen molar-refractivity contribution >= 4 is 56.8 Å². The van der Waals surface area contributed by atoms with Gasteiger partial charge in [-0.1, -0.05) is 42.3 Å². The number of alkyl carbamates (subject to hydrolysis) is 1. The highest BCUT2D eigenvalue weighted by atomic mass is 35.5. The first-order valence-corrected chi connectivity index (χ1v) is 16.2. The average Bonchev–Trinajstić information content (AvgIpc) is 2.93. The van der Waals surface area contributed by atoms with Crippen molar-refractivity contribution in [3.63, 3.8) is 0 Å². The van der Waals surface area contributed by atoms with E-state index >= 15 is 0 Å². The zero-order valence-electron chi connectivity index (χ0n) is 24.7. The van der Waals surface area contributed by atoms with E-state index in [4.69, 9.17) is 27.9 Å². The molecule has 10 nitrogen and oxygen atoms in total. The Labute approximate surface area is 263 Å². The van der Waals surface area contributed by atoms with Crippen LogP contribution in [0.2, 0.25) is 10.0 Å². The molecular weight excluding hydrogens is 615 g/mol. The second-order valence-corrected chi connectivity index (χ2v) is 13.8. The number of carbonyl (C=O) groups excluding carboxylic acids is 3. The van der Waals surface area contributed by atoms with Crippen LogP contribution in [0.25, 0.3) is 0 Å². The van der Waals surface area contributed by atoms with Gasteiger partial charge in [0.15, 0.2) is 0 Å². The Bertz CT molecular complexity index is 1440. The minimum atomic E-state index is -4.21. The van der Waals surface area contributed by atoms with Crippen LogP contribution in [0.5, 0.6) is 0 Å². The van der Waals surface area contributed by atoms with Crippen LogP contribution in [0.4, 0.5) is 10.5 Å². The molecule has 2 aromatic carbocycles. The van der Waals surface area contributed by atoms with Gasteiger partial charge in [0.05, 0.1) is 17.3 Å². The molecule has 0 aromatic heterocycles. The summed E-state index contributed by atoms with van der Waals surface area (Å²) in [5, 5.41) is 8.72. The van der Waals surface area contributed by atoms with Crippen LogP contribution in [-0.2, 0) is 19.6 Å². The number of nitrogens with zero attached hydrogens (tertiary/aromatic N) is 1. The summed E-state index contributed by atoms with van der Waals surface area (Å²) in [5.74, 6) is -0.936. The Morgan fingerprint density at radius 3 is 2.44 bits per heavy atom. The summed E-state index contributed by atoms with van der Waals surface area (Å²) in [6, 6.07) is 9.04. The van der Waals surface area contributed by atoms with Crippen molar-refractivity contribution in [2.24, 2.45) is 0 Å². The molecule has 234 valence electrons. The predicted octanol–water partition coefficient (Wildman–Crippen LogP) is 5.45. The third-order valence-corrected chi connectivity index (χ3v) is 9.06. The van der Waals surface area contributed by atoms with E-state index in [0.717, 1.165) is 0 Å². The highest BCUT2D eigenvalue weighted by Crippen LogP contribution is 2.30. The number of nitrogens with one attached hydrogen (secondary N) is 3. The third kappa shape index (κ3) is 9.87. The number of hydrogen-bond acceptors (Lipinski definition) is 6. The number of anilines is 1. The van der Waals surface area contributed by atoms with Crippen LogP contribution in [0.1, 0.15) is 63.7 Å². The molecule has 2 atom stereocenters. The van der Waals surface area contributed by atoms with Crippen LogP contribution in [0, 0.1) is 0 Å². The summed E-state index contributed by atoms with van der Waals surface area (Å²) in [4.78, 5) is 38.6. The van der Waals surface area contributed by atoms with Gasteiger partial charge in [0.25, 0.3) is 15.9 Å². The fraction of sp³-hybridized carbons (Fsp3) is 0.433. The smallest absolute Gasteiger partial charge is 0.408 e. The average molecular weight is 654 g/mol. The lowest BCUT2D eigenvalue weighted by molar-refractivity contribution is -0.124. The number of fused-ring (bicyclic) bond motifs is 2. The van der Waals surface area contributed by atoms with Gasteiger partial charge < -0.3 is 20.7 Å². The van der Waals surface area contributed by atoms with Crippen molar-refractivity contribution in [2.45, 2.75) is 76.0 Å². The van der Waals surface area contributed by atoms with E-state index in [0.29, 0.717) is 36.4 Å². The van der Waals surface area contributed by atoms with Gasteiger partial charge in [0.1, 0.15) is 16.5 Å². The first-order chi connectivity index (χ1) is 20.2. The summed E-state index contributed by atoms with van der Waals surface area (Å²) in [6.07, 6.45) is 4.61. The van der Waals surface area contributed by atoms with Gasteiger partial charge in [-0.05, 0) is 88.9 Å². The standard InChI is InChI=1S/C30H38Cl2N4O6S/c1-5-22-19-33-27(37)20-11-16-24(32)26(18-20)43(40,41)36(23-14-12-21(31)13-15-23)17-9-7-6-8-10-25(28(38)34-22)35-29(39)42-30(2,3)4/h7,9,11-16,18,22,25H,5-6,8,10,17,19H2,1-4H3,(H,33,37)(H,34,38)(H,35,39)/b9-7+. The largest absolute Gasteiger partial charge is 0.444 e. The van der Waals surface area contributed by atoms with Crippen LogP contribution in [-0.4, -0.2) is 57.1 Å². The van der Waals surface area contributed by atoms with E-state index in [2.05, 4.69) is 16.0 Å². The maximum Gasteiger partial charge on any atom is 0.408 e. The number of amides is 3. The van der Waals surface area contributed by atoms with Gasteiger partial charge in [-0.15, -0.1) is 0 Å². The van der Waals surface area contributed by atoms with Crippen molar-refractivity contribution in [1.29, 1.82) is 0 Å². The van der Waals surface area contributed by atoms with Crippen LogP contribution in [0.3, 0.4) is 0 Å². The number of sulfonamides is 1. The molecule has 1 aliphatic rings. The molecule has 2 bridgehead atoms. The van der Waals surface area contributed by atoms with Crippen molar-refractivity contribution in [1.82, 2.24) is 16.0 Å². The molecule has 3 rings (SSSR count). The maximum absolute atomic E-state index is 13.9. The third-order valence-electron chi connectivity index (χ3n) is 6.53. The van der Waals surface area contributed by atoms with Gasteiger partial charge in [-0.25, -0.2) is 13.2 Å². The molecule has 0 saturated carbocycles. The number of ether oxygens (including phenoxy) is 1. The molecule has 3 N–H and O–H groups in total. The van der Waals surface area contributed by atoms with Crippen molar-refractivity contribution < 1.29 is 27.5 Å². The number of benzene rings is 2. The fourth-order valence-corrected chi connectivity index (χ4v) is 6.32. The van der Waals surface area contributed by atoms with Gasteiger partial charge in [0, 0.05) is 23.2 Å². The van der Waals surface area contributed by atoms with E-state index in [1.807, 2.05) is 13.0 Å². The Morgan fingerprint density at radius 2 is 1.79 bits per heavy atom. The van der Waals surface area contributed by atoms with E-state index in [1.54, 1.807) is 51.1 Å².